The normalized spacial score (nSPS) is 10.2. The van der Waals surface area contributed by atoms with E-state index in [1.807, 2.05) is 30.3 Å². The summed E-state index contributed by atoms with van der Waals surface area (Å²) in [6.07, 6.45) is 0.695. The van der Waals surface area contributed by atoms with E-state index < -0.39 is 4.92 Å². The molecule has 2 aromatic carbocycles. The van der Waals surface area contributed by atoms with E-state index in [0.29, 0.717) is 18.1 Å². The summed E-state index contributed by atoms with van der Waals surface area (Å²) >= 11 is 5.73. The zero-order chi connectivity index (χ0) is 13.7. The predicted octanol–water partition coefficient (Wildman–Crippen LogP) is 3.87. The third-order valence-corrected chi connectivity index (χ3v) is 2.84. The Hall–Kier alpha value is -2.07. The van der Waals surface area contributed by atoms with Crippen LogP contribution in [0.15, 0.2) is 48.5 Å². The third kappa shape index (κ3) is 3.69. The Labute approximate surface area is 115 Å². The molecular formula is C14H12ClNO3. The summed E-state index contributed by atoms with van der Waals surface area (Å²) in [6, 6.07) is 14.2. The highest BCUT2D eigenvalue weighted by Crippen LogP contribution is 2.29. The summed E-state index contributed by atoms with van der Waals surface area (Å²) in [5.74, 6) is 0.241. The Balaban J connectivity index is 2.02. The lowest BCUT2D eigenvalue weighted by molar-refractivity contribution is -0.385. The van der Waals surface area contributed by atoms with Gasteiger partial charge in [0.2, 0.25) is 0 Å². The van der Waals surface area contributed by atoms with Crippen LogP contribution in [0.25, 0.3) is 0 Å². The van der Waals surface area contributed by atoms with E-state index in [9.17, 15) is 10.1 Å². The van der Waals surface area contributed by atoms with Crippen molar-refractivity contribution in [3.05, 3.63) is 69.2 Å². The van der Waals surface area contributed by atoms with Crippen molar-refractivity contribution in [2.45, 2.75) is 6.42 Å². The lowest BCUT2D eigenvalue weighted by Crippen LogP contribution is -2.03. The van der Waals surface area contributed by atoms with E-state index in [-0.39, 0.29) is 11.4 Å². The Morgan fingerprint density at radius 3 is 2.58 bits per heavy atom. The van der Waals surface area contributed by atoms with E-state index in [4.69, 9.17) is 16.3 Å². The maximum atomic E-state index is 10.9. The van der Waals surface area contributed by atoms with Crippen molar-refractivity contribution in [1.29, 1.82) is 0 Å². The molecule has 0 heterocycles. The van der Waals surface area contributed by atoms with Gasteiger partial charge in [0.05, 0.1) is 11.5 Å². The number of ether oxygens (including phenoxy) is 1. The summed E-state index contributed by atoms with van der Waals surface area (Å²) in [7, 11) is 0. The van der Waals surface area contributed by atoms with Crippen molar-refractivity contribution in [3.63, 3.8) is 0 Å². The molecular weight excluding hydrogens is 266 g/mol. The van der Waals surface area contributed by atoms with Gasteiger partial charge in [-0.15, -0.1) is 0 Å². The summed E-state index contributed by atoms with van der Waals surface area (Å²) < 4.78 is 5.46. The fourth-order valence-corrected chi connectivity index (χ4v) is 1.85. The van der Waals surface area contributed by atoms with Crippen molar-refractivity contribution in [3.8, 4) is 5.75 Å². The average molecular weight is 278 g/mol. The maximum absolute atomic E-state index is 10.9. The van der Waals surface area contributed by atoms with Gasteiger partial charge in [0.1, 0.15) is 0 Å². The molecule has 2 rings (SSSR count). The molecule has 0 aliphatic carbocycles. The van der Waals surface area contributed by atoms with Crippen LogP contribution in [0.2, 0.25) is 5.02 Å². The standard InChI is InChI=1S/C14H12ClNO3/c15-12-6-7-14(13(10-12)16(17)18)19-9-8-11-4-2-1-3-5-11/h1-7,10H,8-9H2. The van der Waals surface area contributed by atoms with Gasteiger partial charge in [0.15, 0.2) is 5.75 Å². The molecule has 0 unspecified atom stereocenters. The van der Waals surface area contributed by atoms with E-state index in [1.54, 1.807) is 6.07 Å². The number of nitrogens with zero attached hydrogens (tertiary/aromatic N) is 1. The molecule has 0 fully saturated rings. The van der Waals surface area contributed by atoms with Crippen molar-refractivity contribution >= 4 is 17.3 Å². The number of halogens is 1. The molecule has 5 heteroatoms. The van der Waals surface area contributed by atoms with Gasteiger partial charge in [-0.1, -0.05) is 41.9 Å². The van der Waals surface area contributed by atoms with Crippen molar-refractivity contribution in [2.24, 2.45) is 0 Å². The van der Waals surface area contributed by atoms with E-state index in [2.05, 4.69) is 0 Å². The molecule has 0 aromatic heterocycles. The molecule has 0 saturated carbocycles. The topological polar surface area (TPSA) is 52.4 Å². The number of benzene rings is 2. The fraction of sp³-hybridized carbons (Fsp3) is 0.143. The Morgan fingerprint density at radius 2 is 1.89 bits per heavy atom. The summed E-state index contributed by atoms with van der Waals surface area (Å²) in [4.78, 5) is 10.4. The van der Waals surface area contributed by atoms with Crippen LogP contribution < -0.4 is 4.74 Å². The molecule has 4 nitrogen and oxygen atoms in total. The van der Waals surface area contributed by atoms with Gasteiger partial charge in [0, 0.05) is 17.5 Å². The SMILES string of the molecule is O=[N+]([O-])c1cc(Cl)ccc1OCCc1ccccc1. The highest BCUT2D eigenvalue weighted by atomic mass is 35.5. The van der Waals surface area contributed by atoms with E-state index >= 15 is 0 Å². The molecule has 0 saturated heterocycles. The minimum absolute atomic E-state index is 0.111. The largest absolute Gasteiger partial charge is 0.486 e. The van der Waals surface area contributed by atoms with Crippen LogP contribution in [0.5, 0.6) is 5.75 Å². The number of nitro benzene ring substituents is 1. The average Bonchev–Trinajstić information content (AvgIpc) is 2.41. The second kappa shape index (κ2) is 6.20. The zero-order valence-corrected chi connectivity index (χ0v) is 10.8. The van der Waals surface area contributed by atoms with Gasteiger partial charge < -0.3 is 4.74 Å². The molecule has 0 bridgehead atoms. The Bertz CT molecular complexity index is 572. The van der Waals surface area contributed by atoms with Gasteiger partial charge >= 0.3 is 5.69 Å². The molecule has 19 heavy (non-hydrogen) atoms. The van der Waals surface area contributed by atoms with Crippen LogP contribution in [-0.4, -0.2) is 11.5 Å². The highest BCUT2D eigenvalue weighted by molar-refractivity contribution is 6.30. The highest BCUT2D eigenvalue weighted by Gasteiger charge is 2.15. The first kappa shape index (κ1) is 13.4. The third-order valence-electron chi connectivity index (χ3n) is 2.61. The van der Waals surface area contributed by atoms with Crippen LogP contribution in [-0.2, 0) is 6.42 Å². The lowest BCUT2D eigenvalue weighted by Gasteiger charge is -2.07. The molecule has 0 atom stereocenters. The van der Waals surface area contributed by atoms with Gasteiger partial charge in [-0.3, -0.25) is 10.1 Å². The lowest BCUT2D eigenvalue weighted by atomic mass is 10.2. The molecule has 98 valence electrons. The van der Waals surface area contributed by atoms with Gasteiger partial charge in [-0.2, -0.15) is 0 Å². The zero-order valence-electron chi connectivity index (χ0n) is 10.1. The molecule has 0 aliphatic rings. The van der Waals surface area contributed by atoms with Crippen LogP contribution in [0.4, 0.5) is 5.69 Å². The number of rotatable bonds is 5. The van der Waals surface area contributed by atoms with Gasteiger partial charge in [-0.25, -0.2) is 0 Å². The van der Waals surface area contributed by atoms with Crippen LogP contribution in [0.3, 0.4) is 0 Å². The molecule has 0 amide bonds. The first-order valence-corrected chi connectivity index (χ1v) is 6.15. The first-order chi connectivity index (χ1) is 9.16. The van der Waals surface area contributed by atoms with Crippen molar-refractivity contribution in [1.82, 2.24) is 0 Å². The minimum Gasteiger partial charge on any atom is -0.486 e. The second-order valence-corrected chi connectivity index (χ2v) is 4.39. The maximum Gasteiger partial charge on any atom is 0.312 e. The number of hydrogen-bond acceptors (Lipinski definition) is 3. The van der Waals surface area contributed by atoms with Gasteiger partial charge in [-0.05, 0) is 17.7 Å². The summed E-state index contributed by atoms with van der Waals surface area (Å²) in [5.41, 5.74) is 1.01. The fourth-order valence-electron chi connectivity index (χ4n) is 1.68. The summed E-state index contributed by atoms with van der Waals surface area (Å²) in [6.45, 7) is 0.381. The minimum atomic E-state index is -0.496. The van der Waals surface area contributed by atoms with Crippen LogP contribution in [0.1, 0.15) is 5.56 Å². The summed E-state index contributed by atoms with van der Waals surface area (Å²) in [5, 5.41) is 11.2. The van der Waals surface area contributed by atoms with Crippen LogP contribution in [0, 0.1) is 10.1 Å². The predicted molar refractivity (Wildman–Crippen MR) is 73.7 cm³/mol. The van der Waals surface area contributed by atoms with Crippen molar-refractivity contribution < 1.29 is 9.66 Å². The van der Waals surface area contributed by atoms with E-state index in [0.717, 1.165) is 5.56 Å². The van der Waals surface area contributed by atoms with E-state index in [1.165, 1.54) is 12.1 Å². The molecule has 0 radical (unpaired) electrons. The van der Waals surface area contributed by atoms with Crippen molar-refractivity contribution in [2.75, 3.05) is 6.61 Å². The molecule has 0 N–H and O–H groups in total. The number of hydrogen-bond donors (Lipinski definition) is 0. The monoisotopic (exact) mass is 277 g/mol. The Morgan fingerprint density at radius 1 is 1.16 bits per heavy atom. The quantitative estimate of drug-likeness (QED) is 0.616. The van der Waals surface area contributed by atoms with Gasteiger partial charge in [0.25, 0.3) is 0 Å². The first-order valence-electron chi connectivity index (χ1n) is 5.77. The smallest absolute Gasteiger partial charge is 0.312 e. The molecule has 0 spiro atoms. The molecule has 0 aliphatic heterocycles. The van der Waals surface area contributed by atoms with Crippen LogP contribution >= 0.6 is 11.6 Å². The number of nitro groups is 1. The second-order valence-electron chi connectivity index (χ2n) is 3.95. The Kier molecular flexibility index (Phi) is 4.36. The molecule has 2 aromatic rings.